The maximum atomic E-state index is 10.9. The number of unbranched alkanes of at least 4 members (excludes halogenated alkanes) is 6. The Hall–Kier alpha value is -1.02. The topological polar surface area (TPSA) is 29.5 Å². The summed E-state index contributed by atoms with van der Waals surface area (Å²) in [6.07, 6.45) is 12.1. The largest absolute Gasteiger partial charge is 0.463 e. The first-order chi connectivity index (χ1) is 11.1. The third-order valence-corrected chi connectivity index (χ3v) is 4.64. The molecule has 0 amide bonds. The summed E-state index contributed by atoms with van der Waals surface area (Å²) in [5, 5.41) is 10.9. The minimum Gasteiger partial charge on any atom is -0.463 e. The van der Waals surface area contributed by atoms with Crippen LogP contribution in [-0.2, 0) is 0 Å². The number of hydrogen-bond acceptors (Lipinski definition) is 2. The van der Waals surface area contributed by atoms with Gasteiger partial charge in [0, 0.05) is 12.8 Å². The van der Waals surface area contributed by atoms with E-state index in [1.807, 2.05) is 37.3 Å². The van der Waals surface area contributed by atoms with Crippen molar-refractivity contribution in [1.82, 2.24) is 0 Å². The van der Waals surface area contributed by atoms with Gasteiger partial charge in [-0.2, -0.15) is 0 Å². The molecule has 1 aromatic carbocycles. The van der Waals surface area contributed by atoms with Gasteiger partial charge >= 0.3 is 0 Å². The molecule has 2 atom stereocenters. The fourth-order valence-corrected chi connectivity index (χ4v) is 3.11. The molecule has 2 nitrogen and oxygen atoms in total. The van der Waals surface area contributed by atoms with Crippen molar-refractivity contribution in [2.75, 3.05) is 0 Å². The molecule has 0 fully saturated rings. The normalized spacial score (nSPS) is 15.1. The second-order valence-corrected chi connectivity index (χ2v) is 6.87. The van der Waals surface area contributed by atoms with Gasteiger partial charge in [-0.05, 0) is 25.0 Å². The third kappa shape index (κ3) is 8.41. The number of ether oxygens (including phenoxy) is 1. The molecule has 1 N–H and O–H groups in total. The van der Waals surface area contributed by atoms with Gasteiger partial charge < -0.3 is 9.84 Å². The van der Waals surface area contributed by atoms with Crippen LogP contribution in [0.1, 0.15) is 85.0 Å². The van der Waals surface area contributed by atoms with Crippen LogP contribution < -0.4 is 4.74 Å². The molecule has 0 aliphatic rings. The molecule has 0 aromatic heterocycles. The number of benzene rings is 1. The van der Waals surface area contributed by atoms with Crippen LogP contribution in [0.2, 0.25) is 0 Å². The molecular formula is C21H36O2. The zero-order valence-corrected chi connectivity index (χ0v) is 15.4. The standard InChI is InChI=1S/C21H36O2/c1-4-6-8-9-10-12-16-19(15-7-5-2)21(3,22)23-20-17-13-11-14-18-20/h11,13-14,17-19,22H,4-10,12,15-16H2,1-3H3. The van der Waals surface area contributed by atoms with Crippen LogP contribution in [0.5, 0.6) is 5.75 Å². The number of para-hydroxylation sites is 1. The summed E-state index contributed by atoms with van der Waals surface area (Å²) < 4.78 is 5.91. The van der Waals surface area contributed by atoms with Crippen molar-refractivity contribution < 1.29 is 9.84 Å². The smallest absolute Gasteiger partial charge is 0.208 e. The van der Waals surface area contributed by atoms with E-state index in [1.54, 1.807) is 0 Å². The van der Waals surface area contributed by atoms with Crippen molar-refractivity contribution in [3.8, 4) is 5.75 Å². The van der Waals surface area contributed by atoms with Crippen LogP contribution in [-0.4, -0.2) is 10.9 Å². The van der Waals surface area contributed by atoms with Gasteiger partial charge in [-0.15, -0.1) is 0 Å². The zero-order valence-electron chi connectivity index (χ0n) is 15.4. The van der Waals surface area contributed by atoms with Gasteiger partial charge in [0.05, 0.1) is 0 Å². The molecular weight excluding hydrogens is 284 g/mol. The van der Waals surface area contributed by atoms with Crippen molar-refractivity contribution in [3.63, 3.8) is 0 Å². The quantitative estimate of drug-likeness (QED) is 0.340. The average Bonchev–Trinajstić information content (AvgIpc) is 2.53. The van der Waals surface area contributed by atoms with Gasteiger partial charge in [-0.3, -0.25) is 0 Å². The fraction of sp³-hybridized carbons (Fsp3) is 0.714. The molecule has 0 bridgehead atoms. The van der Waals surface area contributed by atoms with Crippen LogP contribution in [0.25, 0.3) is 0 Å². The highest BCUT2D eigenvalue weighted by Gasteiger charge is 2.33. The molecule has 0 heterocycles. The fourth-order valence-electron chi connectivity index (χ4n) is 3.11. The van der Waals surface area contributed by atoms with Gasteiger partial charge in [0.1, 0.15) is 5.75 Å². The van der Waals surface area contributed by atoms with Gasteiger partial charge in [-0.25, -0.2) is 0 Å². The Morgan fingerprint density at radius 3 is 2.09 bits per heavy atom. The van der Waals surface area contributed by atoms with Crippen LogP contribution in [0.4, 0.5) is 0 Å². The van der Waals surface area contributed by atoms with E-state index in [0.717, 1.165) is 31.4 Å². The highest BCUT2D eigenvalue weighted by atomic mass is 16.6. The van der Waals surface area contributed by atoms with Crippen molar-refractivity contribution in [2.45, 2.75) is 90.8 Å². The van der Waals surface area contributed by atoms with E-state index in [4.69, 9.17) is 4.74 Å². The number of aliphatic hydroxyl groups is 1. The van der Waals surface area contributed by atoms with Crippen molar-refractivity contribution >= 4 is 0 Å². The van der Waals surface area contributed by atoms with E-state index in [9.17, 15) is 5.11 Å². The molecule has 2 unspecified atom stereocenters. The first-order valence-electron chi connectivity index (χ1n) is 9.56. The molecule has 23 heavy (non-hydrogen) atoms. The summed E-state index contributed by atoms with van der Waals surface area (Å²) in [5.41, 5.74) is 0. The Morgan fingerprint density at radius 2 is 1.43 bits per heavy atom. The lowest BCUT2D eigenvalue weighted by Gasteiger charge is -2.33. The monoisotopic (exact) mass is 320 g/mol. The zero-order chi connectivity index (χ0) is 17.0. The summed E-state index contributed by atoms with van der Waals surface area (Å²) in [4.78, 5) is 0. The lowest BCUT2D eigenvalue weighted by Crippen LogP contribution is -2.40. The Balaban J connectivity index is 2.49. The van der Waals surface area contributed by atoms with Crippen molar-refractivity contribution in [1.29, 1.82) is 0 Å². The maximum absolute atomic E-state index is 10.9. The highest BCUT2D eigenvalue weighted by molar-refractivity contribution is 5.21. The molecule has 0 saturated heterocycles. The van der Waals surface area contributed by atoms with E-state index >= 15 is 0 Å². The van der Waals surface area contributed by atoms with E-state index in [2.05, 4.69) is 13.8 Å². The Bertz CT molecular complexity index is 386. The first kappa shape index (κ1) is 20.0. The van der Waals surface area contributed by atoms with E-state index in [1.165, 1.54) is 38.5 Å². The SMILES string of the molecule is CCCCCCCCC(CCCC)C(C)(O)Oc1ccccc1. The number of hydrogen-bond donors (Lipinski definition) is 1. The lowest BCUT2D eigenvalue weighted by molar-refractivity contribution is -0.167. The number of rotatable bonds is 13. The van der Waals surface area contributed by atoms with Gasteiger partial charge in [0.15, 0.2) is 0 Å². The second kappa shape index (κ2) is 11.5. The maximum Gasteiger partial charge on any atom is 0.208 e. The third-order valence-electron chi connectivity index (χ3n) is 4.64. The summed E-state index contributed by atoms with van der Waals surface area (Å²) in [6.45, 7) is 6.28. The van der Waals surface area contributed by atoms with Crippen LogP contribution in [0, 0.1) is 5.92 Å². The van der Waals surface area contributed by atoms with Crippen LogP contribution >= 0.6 is 0 Å². The minimum atomic E-state index is -1.08. The molecule has 0 radical (unpaired) electrons. The van der Waals surface area contributed by atoms with E-state index in [0.29, 0.717) is 0 Å². The predicted molar refractivity (Wildman–Crippen MR) is 98.7 cm³/mol. The van der Waals surface area contributed by atoms with Crippen LogP contribution in [0.3, 0.4) is 0 Å². The Kier molecular flexibility index (Phi) is 10.0. The minimum absolute atomic E-state index is 0.203. The van der Waals surface area contributed by atoms with Gasteiger partial charge in [0.2, 0.25) is 5.79 Å². The van der Waals surface area contributed by atoms with E-state index < -0.39 is 5.79 Å². The molecule has 0 spiro atoms. The molecule has 2 heteroatoms. The molecule has 0 aliphatic heterocycles. The summed E-state index contributed by atoms with van der Waals surface area (Å²) in [7, 11) is 0. The predicted octanol–water partition coefficient (Wildman–Crippen LogP) is 6.33. The van der Waals surface area contributed by atoms with Crippen molar-refractivity contribution in [2.24, 2.45) is 5.92 Å². The average molecular weight is 321 g/mol. The van der Waals surface area contributed by atoms with Crippen LogP contribution in [0.15, 0.2) is 30.3 Å². The molecule has 0 aliphatic carbocycles. The molecule has 1 aromatic rings. The van der Waals surface area contributed by atoms with Gasteiger partial charge in [0.25, 0.3) is 0 Å². The van der Waals surface area contributed by atoms with E-state index in [-0.39, 0.29) is 5.92 Å². The molecule has 1 rings (SSSR count). The molecule has 0 saturated carbocycles. The highest BCUT2D eigenvalue weighted by Crippen LogP contribution is 2.31. The first-order valence-corrected chi connectivity index (χ1v) is 9.56. The van der Waals surface area contributed by atoms with Crippen molar-refractivity contribution in [3.05, 3.63) is 30.3 Å². The Morgan fingerprint density at radius 1 is 0.870 bits per heavy atom. The lowest BCUT2D eigenvalue weighted by atomic mass is 9.88. The van der Waals surface area contributed by atoms with Gasteiger partial charge in [-0.1, -0.05) is 83.4 Å². The second-order valence-electron chi connectivity index (χ2n) is 6.87. The Labute approximate surface area is 143 Å². The summed E-state index contributed by atoms with van der Waals surface area (Å²) in [5.74, 6) is -0.129. The summed E-state index contributed by atoms with van der Waals surface area (Å²) in [6, 6.07) is 9.68. The molecule has 132 valence electrons. The summed E-state index contributed by atoms with van der Waals surface area (Å²) >= 11 is 0.